The lowest BCUT2D eigenvalue weighted by molar-refractivity contribution is -0.00690. The largest absolute Gasteiger partial charge is 0.378 e. The van der Waals surface area contributed by atoms with Crippen LogP contribution < -0.4 is 5.32 Å². The van der Waals surface area contributed by atoms with Gasteiger partial charge < -0.3 is 10.1 Å². The Morgan fingerprint density at radius 1 is 1.50 bits per heavy atom. The van der Waals surface area contributed by atoms with Crippen LogP contribution in [0.4, 0.5) is 0 Å². The lowest BCUT2D eigenvalue weighted by Crippen LogP contribution is -2.47. The van der Waals surface area contributed by atoms with Crippen molar-refractivity contribution in [1.82, 2.24) is 5.32 Å². The highest BCUT2D eigenvalue weighted by Gasteiger charge is 2.42. The van der Waals surface area contributed by atoms with E-state index in [0.29, 0.717) is 17.9 Å². The van der Waals surface area contributed by atoms with Crippen LogP contribution in [0.5, 0.6) is 0 Å². The summed E-state index contributed by atoms with van der Waals surface area (Å²) in [5.74, 6) is 0. The van der Waals surface area contributed by atoms with Crippen molar-refractivity contribution in [3.05, 3.63) is 0 Å². The van der Waals surface area contributed by atoms with Crippen LogP contribution in [0.3, 0.4) is 0 Å². The molecule has 1 saturated carbocycles. The molecule has 0 aromatic rings. The Labute approximate surface area is 72.7 Å². The molecule has 0 aromatic heterocycles. The molecule has 2 rings (SSSR count). The lowest BCUT2D eigenvalue weighted by atomic mass is 10.0. The summed E-state index contributed by atoms with van der Waals surface area (Å²) in [4.78, 5) is 0. The van der Waals surface area contributed by atoms with Gasteiger partial charge in [-0.15, -0.1) is 0 Å². The molecule has 3 nitrogen and oxygen atoms in total. The Bertz CT molecular complexity index is 201. The van der Waals surface area contributed by atoms with Gasteiger partial charge in [-0.2, -0.15) is 5.26 Å². The Kier molecular flexibility index (Phi) is 2.03. The summed E-state index contributed by atoms with van der Waals surface area (Å²) in [6, 6.07) is 2.82. The van der Waals surface area contributed by atoms with Gasteiger partial charge in [0.25, 0.3) is 0 Å². The first-order valence-corrected chi connectivity index (χ1v) is 4.53. The summed E-state index contributed by atoms with van der Waals surface area (Å²) >= 11 is 0. The van der Waals surface area contributed by atoms with Crippen molar-refractivity contribution in [3.63, 3.8) is 0 Å². The Hall–Kier alpha value is -0.590. The number of hydrogen-bond acceptors (Lipinski definition) is 3. The van der Waals surface area contributed by atoms with E-state index in [4.69, 9.17) is 10.00 Å². The van der Waals surface area contributed by atoms with Gasteiger partial charge in [0.15, 0.2) is 0 Å². The Morgan fingerprint density at radius 2 is 2.25 bits per heavy atom. The highest BCUT2D eigenvalue weighted by Crippen LogP contribution is 2.47. The van der Waals surface area contributed by atoms with Gasteiger partial charge >= 0.3 is 0 Å². The number of rotatable bonds is 4. The van der Waals surface area contributed by atoms with E-state index in [1.807, 2.05) is 0 Å². The van der Waals surface area contributed by atoms with E-state index in [1.165, 1.54) is 12.8 Å². The van der Waals surface area contributed by atoms with E-state index in [9.17, 15) is 0 Å². The molecule has 0 amide bonds. The smallest absolute Gasteiger partial charge is 0.0643 e. The first-order chi connectivity index (χ1) is 5.85. The predicted molar refractivity (Wildman–Crippen MR) is 44.5 cm³/mol. The third-order valence-corrected chi connectivity index (χ3v) is 2.81. The summed E-state index contributed by atoms with van der Waals surface area (Å²) in [5, 5.41) is 12.0. The fourth-order valence-corrected chi connectivity index (χ4v) is 1.47. The molecule has 66 valence electrons. The molecule has 0 atom stereocenters. The van der Waals surface area contributed by atoms with Gasteiger partial charge in [0, 0.05) is 13.0 Å². The van der Waals surface area contributed by atoms with E-state index in [1.54, 1.807) is 0 Å². The highest BCUT2D eigenvalue weighted by molar-refractivity contribution is 5.01. The molecule has 3 heteroatoms. The van der Waals surface area contributed by atoms with Crippen LogP contribution in [0.2, 0.25) is 0 Å². The van der Waals surface area contributed by atoms with Crippen LogP contribution in [0.1, 0.15) is 19.3 Å². The molecular formula is C9H14N2O. The first-order valence-electron chi connectivity index (χ1n) is 4.53. The van der Waals surface area contributed by atoms with E-state index in [-0.39, 0.29) is 0 Å². The van der Waals surface area contributed by atoms with Crippen molar-refractivity contribution in [2.24, 2.45) is 5.41 Å². The minimum absolute atomic E-state index is 0.338. The molecule has 1 aliphatic heterocycles. The predicted octanol–water partition coefficient (Wildman–Crippen LogP) is 0.669. The summed E-state index contributed by atoms with van der Waals surface area (Å²) in [7, 11) is 0. The van der Waals surface area contributed by atoms with Gasteiger partial charge in [0.05, 0.1) is 25.3 Å². The van der Waals surface area contributed by atoms with E-state index >= 15 is 0 Å². The molecule has 1 saturated heterocycles. The topological polar surface area (TPSA) is 45.0 Å². The quantitative estimate of drug-likeness (QED) is 0.667. The Balaban J connectivity index is 1.68. The second-order valence-electron chi connectivity index (χ2n) is 3.95. The summed E-state index contributed by atoms with van der Waals surface area (Å²) in [5.41, 5.74) is 0.338. The van der Waals surface area contributed by atoms with Gasteiger partial charge in [-0.1, -0.05) is 0 Å². The molecule has 0 spiro atoms. The number of hydrogen-bond donors (Lipinski definition) is 1. The average molecular weight is 166 g/mol. The molecule has 2 aliphatic rings. The van der Waals surface area contributed by atoms with Crippen molar-refractivity contribution in [2.45, 2.75) is 25.3 Å². The summed E-state index contributed by atoms with van der Waals surface area (Å²) in [6.07, 6.45) is 3.16. The van der Waals surface area contributed by atoms with Gasteiger partial charge in [-0.3, -0.25) is 0 Å². The SMILES string of the molecule is N#CCC1(CNC2COC2)CC1. The fraction of sp³-hybridized carbons (Fsp3) is 0.889. The zero-order valence-electron chi connectivity index (χ0n) is 7.18. The molecule has 0 radical (unpaired) electrons. The molecule has 0 unspecified atom stereocenters. The number of nitrogens with zero attached hydrogens (tertiary/aromatic N) is 1. The molecule has 1 aliphatic carbocycles. The summed E-state index contributed by atoms with van der Waals surface area (Å²) < 4.78 is 5.05. The van der Waals surface area contributed by atoms with Gasteiger partial charge in [0.2, 0.25) is 0 Å². The second kappa shape index (κ2) is 3.04. The monoisotopic (exact) mass is 166 g/mol. The zero-order chi connectivity index (χ0) is 8.44. The minimum atomic E-state index is 0.338. The number of nitrogens with one attached hydrogen (secondary N) is 1. The number of nitriles is 1. The molecular weight excluding hydrogens is 152 g/mol. The fourth-order valence-electron chi connectivity index (χ4n) is 1.47. The Morgan fingerprint density at radius 3 is 2.67 bits per heavy atom. The molecule has 1 N–H and O–H groups in total. The van der Waals surface area contributed by atoms with Gasteiger partial charge in [-0.05, 0) is 18.3 Å². The van der Waals surface area contributed by atoms with E-state index in [0.717, 1.165) is 19.8 Å². The van der Waals surface area contributed by atoms with E-state index < -0.39 is 0 Å². The normalized spacial score (nSPS) is 25.9. The van der Waals surface area contributed by atoms with Crippen molar-refractivity contribution in [1.29, 1.82) is 5.26 Å². The maximum absolute atomic E-state index is 8.58. The standard InChI is InChI=1S/C9H14N2O/c10-4-3-9(1-2-9)7-11-8-5-12-6-8/h8,11H,1-3,5-7H2. The van der Waals surface area contributed by atoms with Crippen LogP contribution in [0.15, 0.2) is 0 Å². The maximum atomic E-state index is 8.58. The minimum Gasteiger partial charge on any atom is -0.378 e. The van der Waals surface area contributed by atoms with Crippen LogP contribution in [-0.4, -0.2) is 25.8 Å². The molecule has 1 heterocycles. The van der Waals surface area contributed by atoms with Crippen LogP contribution in [-0.2, 0) is 4.74 Å². The third kappa shape index (κ3) is 1.60. The highest BCUT2D eigenvalue weighted by atomic mass is 16.5. The second-order valence-corrected chi connectivity index (χ2v) is 3.95. The average Bonchev–Trinajstić information content (AvgIpc) is 2.67. The van der Waals surface area contributed by atoms with Crippen LogP contribution in [0.25, 0.3) is 0 Å². The molecule has 2 fully saturated rings. The van der Waals surface area contributed by atoms with Crippen molar-refractivity contribution in [3.8, 4) is 6.07 Å². The van der Waals surface area contributed by atoms with Gasteiger partial charge in [-0.25, -0.2) is 0 Å². The van der Waals surface area contributed by atoms with Crippen LogP contribution >= 0.6 is 0 Å². The molecule has 12 heavy (non-hydrogen) atoms. The van der Waals surface area contributed by atoms with E-state index in [2.05, 4.69) is 11.4 Å². The lowest BCUT2D eigenvalue weighted by Gasteiger charge is -2.28. The first kappa shape index (κ1) is 8.03. The van der Waals surface area contributed by atoms with Crippen molar-refractivity contribution < 1.29 is 4.74 Å². The van der Waals surface area contributed by atoms with Crippen LogP contribution in [0, 0.1) is 16.7 Å². The zero-order valence-corrected chi connectivity index (χ0v) is 7.18. The van der Waals surface area contributed by atoms with Gasteiger partial charge in [0.1, 0.15) is 0 Å². The van der Waals surface area contributed by atoms with Crippen molar-refractivity contribution >= 4 is 0 Å². The maximum Gasteiger partial charge on any atom is 0.0643 e. The molecule has 0 aromatic carbocycles. The third-order valence-electron chi connectivity index (χ3n) is 2.81. The summed E-state index contributed by atoms with van der Waals surface area (Å²) in [6.45, 7) is 2.71. The number of ether oxygens (including phenoxy) is 1. The van der Waals surface area contributed by atoms with Crippen molar-refractivity contribution in [2.75, 3.05) is 19.8 Å². The molecule has 0 bridgehead atoms.